The number of halogens is 2. The van der Waals surface area contributed by atoms with E-state index in [1.165, 1.54) is 28.8 Å². The molecule has 0 bridgehead atoms. The number of pyridine rings is 1. The van der Waals surface area contributed by atoms with Crippen molar-refractivity contribution in [3.05, 3.63) is 58.0 Å². The lowest BCUT2D eigenvalue weighted by Crippen LogP contribution is -2.21. The maximum atomic E-state index is 11.5. The van der Waals surface area contributed by atoms with E-state index in [1.807, 2.05) is 0 Å². The van der Waals surface area contributed by atoms with E-state index in [1.54, 1.807) is 18.3 Å². The average molecular weight is 348 g/mol. The molecule has 0 atom stereocenters. The number of hydrogen-bond acceptors (Lipinski definition) is 4. The van der Waals surface area contributed by atoms with Crippen molar-refractivity contribution < 1.29 is 13.2 Å². The summed E-state index contributed by atoms with van der Waals surface area (Å²) in [5.41, 5.74) is -0.129. The van der Waals surface area contributed by atoms with Gasteiger partial charge >= 0.3 is 0 Å². The summed E-state index contributed by atoms with van der Waals surface area (Å²) in [7, 11) is 1.39. The van der Waals surface area contributed by atoms with E-state index in [2.05, 4.69) is 0 Å². The minimum atomic E-state index is -3.82. The van der Waals surface area contributed by atoms with Crippen LogP contribution in [0.2, 0.25) is 5.02 Å². The van der Waals surface area contributed by atoms with Crippen LogP contribution in [0.4, 0.5) is 0 Å². The van der Waals surface area contributed by atoms with Gasteiger partial charge in [0.15, 0.2) is 0 Å². The van der Waals surface area contributed by atoms with Crippen LogP contribution in [0.5, 0.6) is 5.75 Å². The van der Waals surface area contributed by atoms with E-state index in [9.17, 15) is 13.2 Å². The summed E-state index contributed by atoms with van der Waals surface area (Å²) in [6.07, 6.45) is 1.65. The number of hydrogen-bond donors (Lipinski definition) is 0. The predicted molar refractivity (Wildman–Crippen MR) is 80.7 cm³/mol. The number of nitrogens with zero attached hydrogens (tertiary/aromatic N) is 1. The Labute approximate surface area is 131 Å². The van der Waals surface area contributed by atoms with Crippen molar-refractivity contribution in [3.8, 4) is 5.75 Å². The third-order valence-corrected chi connectivity index (χ3v) is 4.32. The van der Waals surface area contributed by atoms with Crippen molar-refractivity contribution >= 4 is 31.3 Å². The van der Waals surface area contributed by atoms with E-state index >= 15 is 0 Å². The Hall–Kier alpha value is -1.50. The zero-order chi connectivity index (χ0) is 15.5. The quantitative estimate of drug-likeness (QED) is 0.779. The molecular formula is C13H11Cl2NO4S. The van der Waals surface area contributed by atoms with E-state index < -0.39 is 9.05 Å². The summed E-state index contributed by atoms with van der Waals surface area (Å²) in [6, 6.07) is 8.79. The number of benzene rings is 1. The van der Waals surface area contributed by atoms with Gasteiger partial charge in [0.2, 0.25) is 0 Å². The Balaban J connectivity index is 2.05. The maximum Gasteiger partial charge on any atom is 0.261 e. The predicted octanol–water partition coefficient (Wildman–Crippen LogP) is 2.51. The molecule has 112 valence electrons. The fourth-order valence-electron chi connectivity index (χ4n) is 1.65. The van der Waals surface area contributed by atoms with Crippen molar-refractivity contribution in [1.29, 1.82) is 0 Å². The third kappa shape index (κ3) is 4.23. The number of rotatable bonds is 5. The summed E-state index contributed by atoms with van der Waals surface area (Å²) >= 11 is 5.93. The highest BCUT2D eigenvalue weighted by Gasteiger charge is 2.12. The molecule has 0 aliphatic carbocycles. The highest BCUT2D eigenvalue weighted by molar-refractivity contribution is 8.13. The first-order valence-corrected chi connectivity index (χ1v) is 8.59. The van der Waals surface area contributed by atoms with E-state index in [-0.39, 0.29) is 22.1 Å². The normalized spacial score (nSPS) is 11.3. The fourth-order valence-corrected chi connectivity index (χ4v) is 2.73. The van der Waals surface area contributed by atoms with Gasteiger partial charge in [0, 0.05) is 22.9 Å². The second-order valence-corrected chi connectivity index (χ2v) is 7.08. The first-order chi connectivity index (χ1) is 9.88. The summed E-state index contributed by atoms with van der Waals surface area (Å²) in [6.45, 7) is 0.572. The summed E-state index contributed by atoms with van der Waals surface area (Å²) < 4.78 is 29.2. The highest BCUT2D eigenvalue weighted by atomic mass is 35.7. The first kappa shape index (κ1) is 15.9. The van der Waals surface area contributed by atoms with Crippen molar-refractivity contribution in [2.75, 3.05) is 6.61 Å². The van der Waals surface area contributed by atoms with Crippen LogP contribution >= 0.6 is 22.3 Å². The Morgan fingerprint density at radius 2 is 1.95 bits per heavy atom. The molecule has 0 aliphatic rings. The molecule has 0 saturated carbocycles. The summed E-state index contributed by atoms with van der Waals surface area (Å²) in [4.78, 5) is 11.4. The zero-order valence-electron chi connectivity index (χ0n) is 10.7. The molecule has 1 aromatic carbocycles. The smallest absolute Gasteiger partial charge is 0.261 e. The monoisotopic (exact) mass is 347 g/mol. The molecule has 8 heteroatoms. The van der Waals surface area contributed by atoms with Gasteiger partial charge < -0.3 is 9.30 Å². The number of aromatic nitrogens is 1. The lowest BCUT2D eigenvalue weighted by atomic mass is 10.3. The van der Waals surface area contributed by atoms with Gasteiger partial charge in [0.1, 0.15) is 12.4 Å². The van der Waals surface area contributed by atoms with Crippen LogP contribution in [0.3, 0.4) is 0 Å². The van der Waals surface area contributed by atoms with Gasteiger partial charge in [-0.3, -0.25) is 4.79 Å². The molecule has 0 aliphatic heterocycles. The van der Waals surface area contributed by atoms with Gasteiger partial charge in [-0.15, -0.1) is 0 Å². The molecule has 0 saturated heterocycles. The van der Waals surface area contributed by atoms with Crippen LogP contribution in [0.25, 0.3) is 0 Å². The molecule has 21 heavy (non-hydrogen) atoms. The molecule has 2 rings (SSSR count). The zero-order valence-corrected chi connectivity index (χ0v) is 13.0. The molecule has 2 aromatic rings. The van der Waals surface area contributed by atoms with Crippen LogP contribution in [-0.2, 0) is 15.6 Å². The van der Waals surface area contributed by atoms with E-state index in [0.29, 0.717) is 12.3 Å². The van der Waals surface area contributed by atoms with Gasteiger partial charge in [-0.05, 0) is 24.3 Å². The second kappa shape index (κ2) is 6.51. The van der Waals surface area contributed by atoms with Gasteiger partial charge in [-0.2, -0.15) is 0 Å². The van der Waals surface area contributed by atoms with Gasteiger partial charge in [0.25, 0.3) is 14.6 Å². The van der Waals surface area contributed by atoms with Crippen LogP contribution in [0, 0.1) is 0 Å². The molecule has 1 aromatic heterocycles. The van der Waals surface area contributed by atoms with Crippen molar-refractivity contribution in [2.24, 2.45) is 0 Å². The average Bonchev–Trinajstić information content (AvgIpc) is 2.41. The molecule has 0 unspecified atom stereocenters. The van der Waals surface area contributed by atoms with Crippen LogP contribution in [-0.4, -0.2) is 19.6 Å². The molecule has 5 nitrogen and oxygen atoms in total. The highest BCUT2D eigenvalue weighted by Crippen LogP contribution is 2.28. The van der Waals surface area contributed by atoms with Crippen molar-refractivity contribution in [2.45, 2.75) is 11.4 Å². The first-order valence-electron chi connectivity index (χ1n) is 5.90. The Kier molecular flexibility index (Phi) is 4.92. The largest absolute Gasteiger partial charge is 0.490 e. The standard InChI is InChI=1S/C13H11Cl2NO4S/c14-11-9-10(21(15,18)19)4-5-12(11)20-8-7-16-6-2-1-3-13(16)17/h1-6,9H,7-8H2. The minimum absolute atomic E-state index is 0.0965. The lowest BCUT2D eigenvalue weighted by Gasteiger charge is -2.10. The van der Waals surface area contributed by atoms with E-state index in [0.717, 1.165) is 0 Å². The maximum absolute atomic E-state index is 11.5. The van der Waals surface area contributed by atoms with Gasteiger partial charge in [-0.25, -0.2) is 8.42 Å². The molecule has 0 N–H and O–H groups in total. The van der Waals surface area contributed by atoms with Crippen LogP contribution in [0.15, 0.2) is 52.3 Å². The molecule has 0 fully saturated rings. The third-order valence-electron chi connectivity index (χ3n) is 2.67. The second-order valence-electron chi connectivity index (χ2n) is 4.11. The fraction of sp³-hybridized carbons (Fsp3) is 0.154. The van der Waals surface area contributed by atoms with E-state index in [4.69, 9.17) is 27.0 Å². The summed E-state index contributed by atoms with van der Waals surface area (Å²) in [5, 5.41) is 0.136. The minimum Gasteiger partial charge on any atom is -0.490 e. The lowest BCUT2D eigenvalue weighted by molar-refractivity contribution is 0.296. The molecular weight excluding hydrogens is 337 g/mol. The Bertz CT molecular complexity index is 802. The van der Waals surface area contributed by atoms with Gasteiger partial charge in [0.05, 0.1) is 16.5 Å². The Morgan fingerprint density at radius 3 is 2.57 bits per heavy atom. The van der Waals surface area contributed by atoms with Crippen molar-refractivity contribution in [1.82, 2.24) is 4.57 Å². The SMILES string of the molecule is O=c1ccccn1CCOc1ccc(S(=O)(=O)Cl)cc1Cl. The number of ether oxygens (including phenoxy) is 1. The molecule has 0 radical (unpaired) electrons. The Morgan fingerprint density at radius 1 is 1.19 bits per heavy atom. The topological polar surface area (TPSA) is 65.4 Å². The van der Waals surface area contributed by atoms with Gasteiger partial charge in [-0.1, -0.05) is 17.7 Å². The summed E-state index contributed by atoms with van der Waals surface area (Å²) in [5.74, 6) is 0.324. The van der Waals surface area contributed by atoms with Crippen molar-refractivity contribution in [3.63, 3.8) is 0 Å². The van der Waals surface area contributed by atoms with Crippen LogP contribution in [0.1, 0.15) is 0 Å². The molecule has 0 spiro atoms. The molecule has 0 amide bonds. The molecule has 1 heterocycles. The van der Waals surface area contributed by atoms with Crippen LogP contribution < -0.4 is 10.3 Å².